The Balaban J connectivity index is 1.85. The quantitative estimate of drug-likeness (QED) is 0.309. The fourth-order valence-corrected chi connectivity index (χ4v) is 4.24. The van der Waals surface area contributed by atoms with Crippen LogP contribution in [0.2, 0.25) is 5.02 Å². The number of carbonyl (C=O) groups is 1. The molecule has 3 rings (SSSR count). The van der Waals surface area contributed by atoms with Gasteiger partial charge in [-0.15, -0.1) is 0 Å². The van der Waals surface area contributed by atoms with E-state index in [1.54, 1.807) is 24.3 Å². The lowest BCUT2D eigenvalue weighted by atomic mass is 10.0. The highest BCUT2D eigenvalue weighted by Crippen LogP contribution is 2.22. The van der Waals surface area contributed by atoms with Crippen molar-refractivity contribution >= 4 is 27.4 Å². The summed E-state index contributed by atoms with van der Waals surface area (Å²) in [6.45, 7) is 5.93. The highest BCUT2D eigenvalue weighted by atomic mass is 35.5. The van der Waals surface area contributed by atoms with Crippen molar-refractivity contribution in [1.82, 2.24) is 9.97 Å². The Morgan fingerprint density at radius 3 is 2.40 bits per heavy atom. The average Bonchev–Trinajstić information content (AvgIpc) is 2.70. The van der Waals surface area contributed by atoms with Crippen LogP contribution in [-0.4, -0.2) is 24.4 Å². The predicted molar refractivity (Wildman–Crippen MR) is 115 cm³/mol. The van der Waals surface area contributed by atoms with Gasteiger partial charge in [0.1, 0.15) is 5.75 Å². The van der Waals surface area contributed by atoms with Gasteiger partial charge in [-0.2, -0.15) is 0 Å². The van der Waals surface area contributed by atoms with Gasteiger partial charge in [-0.3, -0.25) is 0 Å². The zero-order valence-electron chi connectivity index (χ0n) is 16.8. The Hall–Kier alpha value is -2.77. The Kier molecular flexibility index (Phi) is 6.53. The first-order valence-corrected chi connectivity index (χ1v) is 11.3. The molecular weight excluding hydrogens is 424 g/mol. The molecule has 1 aromatic heterocycles. The Bertz CT molecular complexity index is 1180. The molecule has 0 atom stereocenters. The van der Waals surface area contributed by atoms with Crippen molar-refractivity contribution in [3.05, 3.63) is 82.1 Å². The second kappa shape index (κ2) is 8.93. The van der Waals surface area contributed by atoms with Gasteiger partial charge in [0.05, 0.1) is 17.0 Å². The van der Waals surface area contributed by atoms with Crippen molar-refractivity contribution in [3.63, 3.8) is 0 Å². The smallest absolute Gasteiger partial charge is 0.364 e. The first kappa shape index (κ1) is 21.9. The number of hydrogen-bond acceptors (Lipinski definition) is 6. The fourth-order valence-electron chi connectivity index (χ4n) is 2.76. The molecular formula is C22H21ClN2O4S. The molecule has 0 spiro atoms. The van der Waals surface area contributed by atoms with Crippen molar-refractivity contribution in [2.45, 2.75) is 37.6 Å². The van der Waals surface area contributed by atoms with Crippen LogP contribution in [0.5, 0.6) is 5.75 Å². The van der Waals surface area contributed by atoms with Gasteiger partial charge in [-0.05, 0) is 41.7 Å². The van der Waals surface area contributed by atoms with E-state index in [-0.39, 0.29) is 16.5 Å². The number of halogens is 1. The molecule has 3 aromatic rings. The summed E-state index contributed by atoms with van der Waals surface area (Å²) in [5.41, 5.74) is 2.26. The first-order valence-electron chi connectivity index (χ1n) is 9.29. The number of aryl methyl sites for hydroxylation is 1. The fraction of sp³-hybridized carbons (Fsp3) is 0.227. The standard InChI is InChI=1S/C22H21ClN2O4S/c1-14(2)16-8-10-18(11-9-16)29-21(26)20-19(23)12-24-22(25-20)30(27,28)13-17-7-5-4-6-15(17)3/h4-12,14H,13H2,1-3H3. The molecule has 1 heterocycles. The molecule has 0 aliphatic carbocycles. The summed E-state index contributed by atoms with van der Waals surface area (Å²) in [4.78, 5) is 20.3. The third-order valence-electron chi connectivity index (χ3n) is 4.56. The average molecular weight is 445 g/mol. The number of carbonyl (C=O) groups excluding carboxylic acids is 1. The van der Waals surface area contributed by atoms with Crippen LogP contribution in [0.1, 0.15) is 46.9 Å². The van der Waals surface area contributed by atoms with Crippen LogP contribution in [0.3, 0.4) is 0 Å². The van der Waals surface area contributed by atoms with Gasteiger partial charge >= 0.3 is 5.97 Å². The van der Waals surface area contributed by atoms with Crippen LogP contribution in [-0.2, 0) is 15.6 Å². The lowest BCUT2D eigenvalue weighted by Crippen LogP contribution is -2.16. The molecule has 0 bridgehead atoms. The second-order valence-corrected chi connectivity index (χ2v) is 9.44. The molecule has 6 nitrogen and oxygen atoms in total. The lowest BCUT2D eigenvalue weighted by Gasteiger charge is -2.09. The highest BCUT2D eigenvalue weighted by Gasteiger charge is 2.24. The van der Waals surface area contributed by atoms with E-state index in [2.05, 4.69) is 23.8 Å². The van der Waals surface area contributed by atoms with Crippen molar-refractivity contribution < 1.29 is 17.9 Å². The molecule has 0 saturated heterocycles. The Morgan fingerprint density at radius 2 is 1.77 bits per heavy atom. The first-order chi connectivity index (χ1) is 14.2. The third-order valence-corrected chi connectivity index (χ3v) is 6.28. The zero-order chi connectivity index (χ0) is 21.9. The van der Waals surface area contributed by atoms with Crippen molar-refractivity contribution in [2.24, 2.45) is 0 Å². The largest absolute Gasteiger partial charge is 0.422 e. The summed E-state index contributed by atoms with van der Waals surface area (Å²) in [7, 11) is -3.89. The van der Waals surface area contributed by atoms with Crippen LogP contribution in [0.15, 0.2) is 59.9 Å². The number of hydrogen-bond donors (Lipinski definition) is 0. The third kappa shape index (κ3) is 5.04. The summed E-state index contributed by atoms with van der Waals surface area (Å²) in [5.74, 6) is -0.491. The second-order valence-electron chi connectivity index (χ2n) is 7.15. The molecule has 0 aliphatic heterocycles. The highest BCUT2D eigenvalue weighted by molar-refractivity contribution is 7.90. The Morgan fingerprint density at radius 1 is 1.10 bits per heavy atom. The van der Waals surface area contributed by atoms with E-state index in [1.807, 2.05) is 31.2 Å². The van der Waals surface area contributed by atoms with E-state index in [1.165, 1.54) is 0 Å². The zero-order valence-corrected chi connectivity index (χ0v) is 18.4. The van der Waals surface area contributed by atoms with Crippen LogP contribution in [0.4, 0.5) is 0 Å². The maximum atomic E-state index is 12.8. The van der Waals surface area contributed by atoms with E-state index in [9.17, 15) is 13.2 Å². The molecule has 0 unspecified atom stereocenters. The van der Waals surface area contributed by atoms with Gasteiger partial charge in [-0.25, -0.2) is 23.2 Å². The van der Waals surface area contributed by atoms with Crippen LogP contribution in [0, 0.1) is 6.92 Å². The minimum absolute atomic E-state index is 0.0892. The number of sulfone groups is 1. The molecule has 30 heavy (non-hydrogen) atoms. The topological polar surface area (TPSA) is 86.2 Å². The SMILES string of the molecule is Cc1ccccc1CS(=O)(=O)c1ncc(Cl)c(C(=O)Oc2ccc(C(C)C)cc2)n1. The molecule has 8 heteroatoms. The summed E-state index contributed by atoms with van der Waals surface area (Å²) in [6, 6.07) is 14.2. The number of nitrogens with zero attached hydrogens (tertiary/aromatic N) is 2. The van der Waals surface area contributed by atoms with Gasteiger partial charge in [0, 0.05) is 0 Å². The van der Waals surface area contributed by atoms with Gasteiger partial charge in [0.15, 0.2) is 5.69 Å². The minimum atomic E-state index is -3.89. The summed E-state index contributed by atoms with van der Waals surface area (Å²) < 4.78 is 30.9. The molecule has 0 N–H and O–H groups in total. The Labute approximate surface area is 180 Å². The lowest BCUT2D eigenvalue weighted by molar-refractivity contribution is 0.0727. The molecule has 0 aliphatic rings. The number of benzene rings is 2. The van der Waals surface area contributed by atoms with Gasteiger partial charge in [0.25, 0.3) is 0 Å². The van der Waals surface area contributed by atoms with Gasteiger partial charge < -0.3 is 4.74 Å². The summed E-state index contributed by atoms with van der Waals surface area (Å²) >= 11 is 6.04. The van der Waals surface area contributed by atoms with E-state index in [0.29, 0.717) is 17.2 Å². The maximum absolute atomic E-state index is 12.8. The van der Waals surface area contributed by atoms with Gasteiger partial charge in [0.2, 0.25) is 15.0 Å². The van der Waals surface area contributed by atoms with Crippen molar-refractivity contribution in [1.29, 1.82) is 0 Å². The molecule has 156 valence electrons. The van der Waals surface area contributed by atoms with Crippen molar-refractivity contribution in [2.75, 3.05) is 0 Å². The summed E-state index contributed by atoms with van der Waals surface area (Å²) in [5, 5.41) is -0.564. The van der Waals surface area contributed by atoms with Crippen LogP contribution in [0.25, 0.3) is 0 Å². The monoisotopic (exact) mass is 444 g/mol. The molecule has 0 saturated carbocycles. The minimum Gasteiger partial charge on any atom is -0.422 e. The summed E-state index contributed by atoms with van der Waals surface area (Å²) in [6.07, 6.45) is 1.09. The molecule has 0 amide bonds. The molecule has 2 aromatic carbocycles. The molecule has 0 fully saturated rings. The van der Waals surface area contributed by atoms with Crippen LogP contribution >= 0.6 is 11.6 Å². The van der Waals surface area contributed by atoms with E-state index < -0.39 is 21.0 Å². The van der Waals surface area contributed by atoms with E-state index >= 15 is 0 Å². The van der Waals surface area contributed by atoms with E-state index in [4.69, 9.17) is 16.3 Å². The number of ether oxygens (including phenoxy) is 1. The number of aromatic nitrogens is 2. The number of rotatable bonds is 6. The maximum Gasteiger partial charge on any atom is 0.364 e. The van der Waals surface area contributed by atoms with Gasteiger partial charge in [-0.1, -0.05) is 61.8 Å². The van der Waals surface area contributed by atoms with Crippen LogP contribution < -0.4 is 4.74 Å². The normalized spacial score (nSPS) is 11.5. The van der Waals surface area contributed by atoms with E-state index in [0.717, 1.165) is 17.3 Å². The molecule has 0 radical (unpaired) electrons. The van der Waals surface area contributed by atoms with Crippen molar-refractivity contribution in [3.8, 4) is 5.75 Å². The number of esters is 1. The predicted octanol–water partition coefficient (Wildman–Crippen LogP) is 4.75.